The summed E-state index contributed by atoms with van der Waals surface area (Å²) in [7, 11) is 2.17. The van der Waals surface area contributed by atoms with Crippen molar-refractivity contribution in [3.05, 3.63) is 59.5 Å². The van der Waals surface area contributed by atoms with Gasteiger partial charge in [-0.25, -0.2) is 0 Å². The number of halogens is 1. The Morgan fingerprint density at radius 3 is 2.57 bits per heavy atom. The number of alkyl halides is 1. The summed E-state index contributed by atoms with van der Waals surface area (Å²) in [6.07, 6.45) is 6.30. The summed E-state index contributed by atoms with van der Waals surface area (Å²) in [4.78, 5) is 4.63. The first kappa shape index (κ1) is 20.0. The third kappa shape index (κ3) is 6.55. The fraction of sp³-hybridized carbons (Fsp3) is 0.474. The number of likely N-dealkylation sites (tertiary alicyclic amines) is 1. The second-order valence-corrected chi connectivity index (χ2v) is 10.6. The van der Waals surface area contributed by atoms with Gasteiger partial charge in [0.2, 0.25) is 0 Å². The van der Waals surface area contributed by atoms with Gasteiger partial charge in [-0.15, -0.1) is 0 Å². The van der Waals surface area contributed by atoms with Crippen LogP contribution in [0.4, 0.5) is 0 Å². The molecule has 1 aliphatic rings. The van der Waals surface area contributed by atoms with Crippen molar-refractivity contribution in [2.45, 2.75) is 31.7 Å². The molecule has 0 aromatic rings. The van der Waals surface area contributed by atoms with E-state index in [9.17, 15) is 0 Å². The number of nitrogens with one attached hydrogen (secondary N) is 2. The van der Waals surface area contributed by atoms with Crippen LogP contribution in [0.1, 0.15) is 25.7 Å². The molecule has 0 aromatic heterocycles. The Labute approximate surface area is 150 Å². The molecule has 1 atom stereocenters. The maximum atomic E-state index is 4.25. The van der Waals surface area contributed by atoms with Gasteiger partial charge in [0.05, 0.1) is 0 Å². The van der Waals surface area contributed by atoms with Gasteiger partial charge in [0.25, 0.3) is 0 Å². The quantitative estimate of drug-likeness (QED) is 0.168. The van der Waals surface area contributed by atoms with Crippen LogP contribution in [0, 0.1) is 0 Å². The van der Waals surface area contributed by atoms with E-state index in [1.165, 1.54) is 18.4 Å². The van der Waals surface area contributed by atoms with Gasteiger partial charge < -0.3 is 0 Å². The van der Waals surface area contributed by atoms with Crippen molar-refractivity contribution in [3.63, 3.8) is 0 Å². The predicted molar refractivity (Wildman–Crippen MR) is 113 cm³/mol. The monoisotopic (exact) mass is 429 g/mol. The molecule has 2 N–H and O–H groups in total. The van der Waals surface area contributed by atoms with Crippen molar-refractivity contribution >= 4 is 20.1 Å². The zero-order valence-corrected chi connectivity index (χ0v) is 16.9. The van der Waals surface area contributed by atoms with Gasteiger partial charge in [0, 0.05) is 0 Å². The van der Waals surface area contributed by atoms with E-state index in [1.54, 1.807) is 0 Å². The number of allylic oxidation sites excluding steroid dienone is 2. The Morgan fingerprint density at radius 1 is 1.30 bits per heavy atom. The van der Waals surface area contributed by atoms with E-state index in [4.69, 9.17) is 0 Å². The van der Waals surface area contributed by atoms with Crippen LogP contribution in [0.15, 0.2) is 59.5 Å². The van der Waals surface area contributed by atoms with E-state index in [0.717, 1.165) is 40.9 Å². The Morgan fingerprint density at radius 2 is 2.00 bits per heavy atom. The van der Waals surface area contributed by atoms with Crippen LogP contribution in [0.3, 0.4) is 0 Å². The number of rotatable bonds is 11. The van der Waals surface area contributed by atoms with E-state index in [1.807, 2.05) is 6.08 Å². The molecule has 1 aliphatic heterocycles. The predicted octanol–water partition coefficient (Wildman–Crippen LogP) is 4.37. The molecule has 0 radical (unpaired) electrons. The SMILES string of the molecule is C=CCCC(=C)CNC(=C)C(=C)I(C)NC(=C)C1CCCN1C. The van der Waals surface area contributed by atoms with E-state index >= 15 is 0 Å². The number of hydrogen-bond donors (Lipinski definition) is 2. The second-order valence-electron chi connectivity index (χ2n) is 6.05. The molecule has 0 aliphatic carbocycles. The summed E-state index contributed by atoms with van der Waals surface area (Å²) in [6, 6.07) is 0.461. The van der Waals surface area contributed by atoms with Gasteiger partial charge in [-0.05, 0) is 0 Å². The molecule has 1 rings (SSSR count). The molecule has 4 heteroatoms. The van der Waals surface area contributed by atoms with E-state index in [0.29, 0.717) is 6.04 Å². The van der Waals surface area contributed by atoms with Crippen molar-refractivity contribution < 1.29 is 0 Å². The zero-order chi connectivity index (χ0) is 17.4. The van der Waals surface area contributed by atoms with Crippen molar-refractivity contribution in [1.82, 2.24) is 13.7 Å². The fourth-order valence-corrected chi connectivity index (χ4v) is 5.44. The minimum absolute atomic E-state index is 0.461. The first-order valence-electron chi connectivity index (χ1n) is 8.02. The van der Waals surface area contributed by atoms with Crippen molar-refractivity contribution in [2.75, 3.05) is 25.1 Å². The summed E-state index contributed by atoms with van der Waals surface area (Å²) in [5, 5.41) is 3.35. The van der Waals surface area contributed by atoms with E-state index in [2.05, 4.69) is 58.6 Å². The first-order valence-corrected chi connectivity index (χ1v) is 12.3. The Bertz CT molecular complexity index is 481. The molecule has 0 saturated carbocycles. The summed E-state index contributed by atoms with van der Waals surface area (Å²) in [5.74, 6) is 0. The van der Waals surface area contributed by atoms with Crippen LogP contribution >= 0.6 is 20.1 Å². The fourth-order valence-electron chi connectivity index (χ4n) is 2.55. The van der Waals surface area contributed by atoms with Gasteiger partial charge in [-0.1, -0.05) is 0 Å². The van der Waals surface area contributed by atoms with E-state index < -0.39 is 20.1 Å². The van der Waals surface area contributed by atoms with Crippen LogP contribution in [-0.2, 0) is 0 Å². The number of likely N-dealkylation sites (N-methyl/N-ethyl adjacent to an activating group) is 1. The van der Waals surface area contributed by atoms with Gasteiger partial charge in [0.15, 0.2) is 0 Å². The van der Waals surface area contributed by atoms with Crippen LogP contribution in [0.5, 0.6) is 0 Å². The molecule has 23 heavy (non-hydrogen) atoms. The van der Waals surface area contributed by atoms with Gasteiger partial charge in [-0.3, -0.25) is 0 Å². The topological polar surface area (TPSA) is 27.3 Å². The summed E-state index contributed by atoms with van der Waals surface area (Å²) >= 11 is -1.55. The summed E-state index contributed by atoms with van der Waals surface area (Å²) < 4.78 is 4.76. The molecule has 1 fully saturated rings. The first-order chi connectivity index (χ1) is 10.9. The van der Waals surface area contributed by atoms with Gasteiger partial charge in [0.1, 0.15) is 0 Å². The number of nitrogens with zero attached hydrogens (tertiary/aromatic N) is 1. The standard InChI is InChI=1S/C19H32IN3/c1-8-9-11-15(2)14-21-17(4)16(3)20(6)22-18(5)19-12-10-13-23(19)7/h8,19,21-22H,1-5,9-14H2,6-7H3. The average molecular weight is 429 g/mol. The molecule has 0 aromatic carbocycles. The van der Waals surface area contributed by atoms with Crippen molar-refractivity contribution in [1.29, 1.82) is 0 Å². The molecular weight excluding hydrogens is 397 g/mol. The maximum absolute atomic E-state index is 4.25. The molecule has 1 unspecified atom stereocenters. The zero-order valence-electron chi connectivity index (χ0n) is 14.8. The second kappa shape index (κ2) is 9.98. The van der Waals surface area contributed by atoms with Gasteiger partial charge >= 0.3 is 150 Å². The van der Waals surface area contributed by atoms with Crippen LogP contribution < -0.4 is 8.85 Å². The molecule has 0 spiro atoms. The Hall–Kier alpha value is -1.01. The van der Waals surface area contributed by atoms with Crippen molar-refractivity contribution in [3.8, 4) is 0 Å². The summed E-state index contributed by atoms with van der Waals surface area (Å²) in [6.45, 7) is 22.3. The van der Waals surface area contributed by atoms with Crippen molar-refractivity contribution in [2.24, 2.45) is 0 Å². The third-order valence-corrected chi connectivity index (χ3v) is 8.22. The molecule has 1 saturated heterocycles. The Kier molecular flexibility index (Phi) is 8.69. The molecular formula is C19H32IN3. The number of hydrogen-bond acceptors (Lipinski definition) is 3. The van der Waals surface area contributed by atoms with Gasteiger partial charge in [-0.2, -0.15) is 0 Å². The van der Waals surface area contributed by atoms with Crippen LogP contribution in [0.2, 0.25) is 0 Å². The molecule has 1 heterocycles. The molecule has 0 amide bonds. The van der Waals surface area contributed by atoms with Crippen LogP contribution in [-0.4, -0.2) is 36.0 Å². The molecule has 130 valence electrons. The normalized spacial score (nSPS) is 18.2. The minimum atomic E-state index is -1.55. The summed E-state index contributed by atoms with van der Waals surface area (Å²) in [5.41, 5.74) is 3.24. The third-order valence-electron chi connectivity index (χ3n) is 4.11. The Balaban J connectivity index is 2.39. The van der Waals surface area contributed by atoms with E-state index in [-0.39, 0.29) is 0 Å². The van der Waals surface area contributed by atoms with Crippen LogP contribution in [0.25, 0.3) is 0 Å². The molecule has 3 nitrogen and oxygen atoms in total. The average Bonchev–Trinajstić information content (AvgIpc) is 2.95. The molecule has 0 bridgehead atoms.